The molecule has 1 amide bonds. The number of hydrogen-bond donors (Lipinski definition) is 1. The molecule has 0 radical (unpaired) electrons. The van der Waals surface area contributed by atoms with Crippen LogP contribution < -0.4 is 0 Å². The monoisotopic (exact) mass is 342 g/mol. The van der Waals surface area contributed by atoms with Gasteiger partial charge in [-0.2, -0.15) is 0 Å². The Bertz CT molecular complexity index is 837. The third-order valence-corrected chi connectivity index (χ3v) is 5.44. The van der Waals surface area contributed by atoms with Crippen LogP contribution in [0, 0.1) is 5.92 Å². The predicted octanol–water partition coefficient (Wildman–Crippen LogP) is 3.40. The van der Waals surface area contributed by atoms with Crippen molar-refractivity contribution >= 4 is 27.5 Å². The number of likely N-dealkylation sites (tertiary alicyclic amines) is 1. The van der Waals surface area contributed by atoms with Crippen LogP contribution in [0.15, 0.2) is 40.8 Å². The Morgan fingerprint density at radius 3 is 3.04 bits per heavy atom. The topological polar surface area (TPSA) is 66.6 Å². The number of aromatic nitrogens is 1. The van der Waals surface area contributed by atoms with E-state index in [4.69, 9.17) is 4.42 Å². The van der Waals surface area contributed by atoms with E-state index in [-0.39, 0.29) is 18.4 Å². The molecule has 0 bridgehead atoms. The van der Waals surface area contributed by atoms with Gasteiger partial charge in [0.2, 0.25) is 0 Å². The van der Waals surface area contributed by atoms with Crippen LogP contribution in [0.3, 0.4) is 0 Å². The third kappa shape index (κ3) is 2.83. The van der Waals surface area contributed by atoms with E-state index < -0.39 is 0 Å². The number of fused-ring (bicyclic) bond motifs is 1. The number of hydrogen-bond acceptors (Lipinski definition) is 5. The van der Waals surface area contributed by atoms with Crippen molar-refractivity contribution in [1.29, 1.82) is 0 Å². The Morgan fingerprint density at radius 2 is 2.21 bits per heavy atom. The fourth-order valence-corrected chi connectivity index (χ4v) is 4.03. The highest BCUT2D eigenvalue weighted by Crippen LogP contribution is 2.31. The lowest BCUT2D eigenvalue weighted by Crippen LogP contribution is -2.40. The lowest BCUT2D eigenvalue weighted by Gasteiger charge is -2.31. The van der Waals surface area contributed by atoms with Gasteiger partial charge in [0.15, 0.2) is 16.5 Å². The van der Waals surface area contributed by atoms with Gasteiger partial charge in [-0.25, -0.2) is 4.98 Å². The number of aliphatic hydroxyl groups excluding tert-OH is 1. The number of benzene rings is 1. The lowest BCUT2D eigenvalue weighted by atomic mass is 9.99. The summed E-state index contributed by atoms with van der Waals surface area (Å²) in [7, 11) is 0. The molecular formula is C18H18N2O3S. The molecule has 124 valence electrons. The zero-order chi connectivity index (χ0) is 16.5. The van der Waals surface area contributed by atoms with Gasteiger partial charge in [0, 0.05) is 19.7 Å². The number of rotatable bonds is 3. The maximum absolute atomic E-state index is 12.6. The standard InChI is InChI=1S/C18H18N2O3S/c21-11-12-4-3-9-20(10-12)18(22)15-8-7-14(23-15)17-19-13-5-1-2-6-16(13)24-17/h1-2,5-8,12,21H,3-4,9-11H2. The van der Waals surface area contributed by atoms with Crippen LogP contribution in [0.25, 0.3) is 21.0 Å². The average Bonchev–Trinajstić information content (AvgIpc) is 3.27. The van der Waals surface area contributed by atoms with Gasteiger partial charge in [-0.15, -0.1) is 11.3 Å². The van der Waals surface area contributed by atoms with E-state index in [1.165, 1.54) is 0 Å². The number of furan rings is 1. The van der Waals surface area contributed by atoms with E-state index in [1.807, 2.05) is 24.3 Å². The van der Waals surface area contributed by atoms with Crippen molar-refractivity contribution < 1.29 is 14.3 Å². The summed E-state index contributed by atoms with van der Waals surface area (Å²) in [6.45, 7) is 1.43. The summed E-state index contributed by atoms with van der Waals surface area (Å²) in [5.74, 6) is 1.01. The molecule has 1 aliphatic rings. The van der Waals surface area contributed by atoms with Gasteiger partial charge in [-0.1, -0.05) is 12.1 Å². The highest BCUT2D eigenvalue weighted by Gasteiger charge is 2.26. The van der Waals surface area contributed by atoms with Crippen LogP contribution in [-0.2, 0) is 0 Å². The van der Waals surface area contributed by atoms with Crippen LogP contribution in [-0.4, -0.2) is 40.6 Å². The number of aliphatic hydroxyl groups is 1. The Balaban J connectivity index is 1.56. The molecule has 0 aliphatic carbocycles. The molecule has 1 aromatic carbocycles. The van der Waals surface area contributed by atoms with Crippen LogP contribution >= 0.6 is 11.3 Å². The molecule has 1 atom stereocenters. The minimum atomic E-state index is -0.111. The van der Waals surface area contributed by atoms with Crippen molar-refractivity contribution in [2.45, 2.75) is 12.8 Å². The second kappa shape index (κ2) is 6.37. The molecule has 1 unspecified atom stereocenters. The second-order valence-corrected chi connectivity index (χ2v) is 7.12. The van der Waals surface area contributed by atoms with Gasteiger partial charge in [0.05, 0.1) is 10.2 Å². The Hall–Kier alpha value is -2.18. The van der Waals surface area contributed by atoms with Crippen molar-refractivity contribution in [2.24, 2.45) is 5.92 Å². The Kier molecular flexibility index (Phi) is 4.08. The number of nitrogens with zero attached hydrogens (tertiary/aromatic N) is 2. The largest absolute Gasteiger partial charge is 0.448 e. The van der Waals surface area contributed by atoms with Crippen LogP contribution in [0.1, 0.15) is 23.4 Å². The maximum Gasteiger partial charge on any atom is 0.289 e. The normalized spacial score (nSPS) is 18.2. The summed E-state index contributed by atoms with van der Waals surface area (Å²) >= 11 is 1.55. The van der Waals surface area contributed by atoms with Crippen molar-refractivity contribution in [3.63, 3.8) is 0 Å². The highest BCUT2D eigenvalue weighted by atomic mass is 32.1. The zero-order valence-corrected chi connectivity index (χ0v) is 14.0. The van der Waals surface area contributed by atoms with Crippen LogP contribution in [0.5, 0.6) is 0 Å². The molecule has 5 nitrogen and oxygen atoms in total. The van der Waals surface area contributed by atoms with Crippen molar-refractivity contribution in [1.82, 2.24) is 9.88 Å². The van der Waals surface area contributed by atoms with Gasteiger partial charge >= 0.3 is 0 Å². The molecule has 3 aromatic rings. The van der Waals surface area contributed by atoms with E-state index in [0.29, 0.717) is 24.6 Å². The van der Waals surface area contributed by atoms with Gasteiger partial charge in [-0.05, 0) is 43.0 Å². The SMILES string of the molecule is O=C(c1ccc(-c2nc3ccccc3s2)o1)N1CCCC(CO)C1. The first-order valence-corrected chi connectivity index (χ1v) is 8.92. The van der Waals surface area contributed by atoms with E-state index in [2.05, 4.69) is 4.98 Å². The van der Waals surface area contributed by atoms with Gasteiger partial charge < -0.3 is 14.4 Å². The van der Waals surface area contributed by atoms with Gasteiger partial charge in [0.25, 0.3) is 5.91 Å². The molecular weight excluding hydrogens is 324 g/mol. The third-order valence-electron chi connectivity index (χ3n) is 4.39. The smallest absolute Gasteiger partial charge is 0.289 e. The number of para-hydroxylation sites is 1. The Morgan fingerprint density at radius 1 is 1.33 bits per heavy atom. The number of carbonyl (C=O) groups excluding carboxylic acids is 1. The second-order valence-electron chi connectivity index (χ2n) is 6.09. The molecule has 1 aliphatic heterocycles. The Labute approximate surface area is 143 Å². The minimum Gasteiger partial charge on any atom is -0.448 e. The van der Waals surface area contributed by atoms with Crippen LogP contribution in [0.4, 0.5) is 0 Å². The fourth-order valence-electron chi connectivity index (χ4n) is 3.10. The van der Waals surface area contributed by atoms with E-state index in [9.17, 15) is 9.90 Å². The van der Waals surface area contributed by atoms with Crippen LogP contribution in [0.2, 0.25) is 0 Å². The van der Waals surface area contributed by atoms with E-state index in [0.717, 1.165) is 28.1 Å². The predicted molar refractivity (Wildman–Crippen MR) is 93.0 cm³/mol. The molecule has 3 heterocycles. The summed E-state index contributed by atoms with van der Waals surface area (Å²) in [6, 6.07) is 11.4. The average molecular weight is 342 g/mol. The molecule has 1 fully saturated rings. The number of thiazole rings is 1. The van der Waals surface area contributed by atoms with Crippen molar-refractivity contribution in [3.05, 3.63) is 42.2 Å². The highest BCUT2D eigenvalue weighted by molar-refractivity contribution is 7.21. The minimum absolute atomic E-state index is 0.111. The van der Waals surface area contributed by atoms with E-state index >= 15 is 0 Å². The number of piperidine rings is 1. The molecule has 1 saturated heterocycles. The first-order chi connectivity index (χ1) is 11.7. The number of amides is 1. The molecule has 6 heteroatoms. The van der Waals surface area contributed by atoms with Crippen molar-refractivity contribution in [3.8, 4) is 10.8 Å². The summed E-state index contributed by atoms with van der Waals surface area (Å²) in [5, 5.41) is 10.1. The summed E-state index contributed by atoms with van der Waals surface area (Å²) in [4.78, 5) is 18.9. The quantitative estimate of drug-likeness (QED) is 0.792. The molecule has 0 saturated carbocycles. The lowest BCUT2D eigenvalue weighted by molar-refractivity contribution is 0.0591. The molecule has 2 aromatic heterocycles. The molecule has 4 rings (SSSR count). The summed E-state index contributed by atoms with van der Waals surface area (Å²) in [5.41, 5.74) is 0.934. The van der Waals surface area contributed by atoms with E-state index in [1.54, 1.807) is 28.4 Å². The molecule has 24 heavy (non-hydrogen) atoms. The maximum atomic E-state index is 12.6. The molecule has 0 spiro atoms. The number of carbonyl (C=O) groups is 1. The van der Waals surface area contributed by atoms with Crippen molar-refractivity contribution in [2.75, 3.05) is 19.7 Å². The van der Waals surface area contributed by atoms with Gasteiger partial charge in [0.1, 0.15) is 0 Å². The first kappa shape index (κ1) is 15.4. The summed E-state index contributed by atoms with van der Waals surface area (Å²) in [6.07, 6.45) is 1.89. The first-order valence-electron chi connectivity index (χ1n) is 8.10. The molecule has 1 N–H and O–H groups in total. The fraction of sp³-hybridized carbons (Fsp3) is 0.333. The zero-order valence-electron chi connectivity index (χ0n) is 13.1. The van der Waals surface area contributed by atoms with Gasteiger partial charge in [-0.3, -0.25) is 4.79 Å². The summed E-state index contributed by atoms with van der Waals surface area (Å²) < 4.78 is 6.87.